The van der Waals surface area contributed by atoms with Crippen LogP contribution in [0.3, 0.4) is 0 Å². The second kappa shape index (κ2) is 7.61. The Morgan fingerprint density at radius 2 is 1.84 bits per heavy atom. The summed E-state index contributed by atoms with van der Waals surface area (Å²) in [6, 6.07) is 7.24. The first kappa shape index (κ1) is 14.5. The third-order valence-electron chi connectivity index (χ3n) is 3.87. The molecule has 2 rings (SSSR count). The van der Waals surface area contributed by atoms with E-state index < -0.39 is 0 Å². The maximum absolute atomic E-state index is 13.9. The molecule has 0 spiro atoms. The third kappa shape index (κ3) is 4.29. The molecule has 1 fully saturated rings. The van der Waals surface area contributed by atoms with Gasteiger partial charge in [-0.1, -0.05) is 38.0 Å². The highest BCUT2D eigenvalue weighted by Gasteiger charge is 2.18. The van der Waals surface area contributed by atoms with Crippen LogP contribution >= 0.6 is 0 Å². The molecule has 1 aromatic carbocycles. The summed E-state index contributed by atoms with van der Waals surface area (Å²) in [6.07, 6.45) is 5.22. The number of nitrogens with one attached hydrogen (secondary N) is 1. The van der Waals surface area contributed by atoms with Crippen molar-refractivity contribution in [3.8, 4) is 0 Å². The minimum absolute atomic E-state index is 0.0942. The largest absolute Gasteiger partial charge is 0.309 e. The standard InChI is InChI=1S/C16H25FN2/c1-2-18-16(14-9-5-6-10-15(14)17)13-19-11-7-3-4-8-12-19/h5-6,9-10,16,18H,2-4,7-8,11-13H2,1H3. The van der Waals surface area contributed by atoms with Crippen LogP contribution in [0.1, 0.15) is 44.2 Å². The summed E-state index contributed by atoms with van der Waals surface area (Å²) >= 11 is 0. The summed E-state index contributed by atoms with van der Waals surface area (Å²) < 4.78 is 13.9. The fourth-order valence-corrected chi connectivity index (χ4v) is 2.85. The number of benzene rings is 1. The van der Waals surface area contributed by atoms with Crippen LogP contribution in [0.5, 0.6) is 0 Å². The number of likely N-dealkylation sites (N-methyl/N-ethyl adjacent to an activating group) is 1. The van der Waals surface area contributed by atoms with Gasteiger partial charge in [-0.3, -0.25) is 0 Å². The van der Waals surface area contributed by atoms with Crippen LogP contribution in [0.15, 0.2) is 24.3 Å². The van der Waals surface area contributed by atoms with Gasteiger partial charge in [-0.15, -0.1) is 0 Å². The van der Waals surface area contributed by atoms with Crippen molar-refractivity contribution < 1.29 is 4.39 Å². The number of nitrogens with zero attached hydrogens (tertiary/aromatic N) is 1. The van der Waals surface area contributed by atoms with Crippen molar-refractivity contribution in [2.24, 2.45) is 0 Å². The van der Waals surface area contributed by atoms with Gasteiger partial charge >= 0.3 is 0 Å². The van der Waals surface area contributed by atoms with Crippen LogP contribution in [-0.2, 0) is 0 Å². The summed E-state index contributed by atoms with van der Waals surface area (Å²) in [5.74, 6) is -0.0942. The molecule has 0 bridgehead atoms. The maximum atomic E-state index is 13.9. The van der Waals surface area contributed by atoms with E-state index in [1.807, 2.05) is 12.1 Å². The molecule has 0 saturated carbocycles. The molecule has 0 radical (unpaired) electrons. The van der Waals surface area contributed by atoms with E-state index in [0.29, 0.717) is 0 Å². The van der Waals surface area contributed by atoms with E-state index >= 15 is 0 Å². The predicted octanol–water partition coefficient (Wildman–Crippen LogP) is 3.35. The Morgan fingerprint density at radius 1 is 1.16 bits per heavy atom. The molecular formula is C16H25FN2. The van der Waals surface area contributed by atoms with Crippen LogP contribution < -0.4 is 5.32 Å². The molecule has 0 amide bonds. The van der Waals surface area contributed by atoms with Crippen LogP contribution in [0, 0.1) is 5.82 Å². The molecule has 1 saturated heterocycles. The monoisotopic (exact) mass is 264 g/mol. The molecule has 2 nitrogen and oxygen atoms in total. The zero-order valence-corrected chi connectivity index (χ0v) is 11.9. The lowest BCUT2D eigenvalue weighted by atomic mass is 10.1. The number of hydrogen-bond donors (Lipinski definition) is 1. The van der Waals surface area contributed by atoms with Crippen molar-refractivity contribution >= 4 is 0 Å². The molecule has 1 aliphatic heterocycles. The minimum atomic E-state index is -0.0942. The highest BCUT2D eigenvalue weighted by molar-refractivity contribution is 5.21. The van der Waals surface area contributed by atoms with Crippen LogP contribution in [-0.4, -0.2) is 31.1 Å². The van der Waals surface area contributed by atoms with Gasteiger partial charge in [0.25, 0.3) is 0 Å². The Morgan fingerprint density at radius 3 is 2.47 bits per heavy atom. The summed E-state index contributed by atoms with van der Waals surface area (Å²) in [6.45, 7) is 6.16. The van der Waals surface area contributed by atoms with E-state index in [0.717, 1.165) is 31.7 Å². The van der Waals surface area contributed by atoms with Gasteiger partial charge < -0.3 is 10.2 Å². The summed E-state index contributed by atoms with van der Waals surface area (Å²) in [5.41, 5.74) is 0.800. The quantitative estimate of drug-likeness (QED) is 0.877. The average Bonchev–Trinajstić information content (AvgIpc) is 2.67. The van der Waals surface area contributed by atoms with Crippen molar-refractivity contribution in [1.29, 1.82) is 0 Å². The van der Waals surface area contributed by atoms with Crippen LogP contribution in [0.2, 0.25) is 0 Å². The van der Waals surface area contributed by atoms with Crippen LogP contribution in [0.25, 0.3) is 0 Å². The van der Waals surface area contributed by atoms with Gasteiger partial charge in [-0.2, -0.15) is 0 Å². The van der Waals surface area contributed by atoms with Crippen molar-refractivity contribution in [2.75, 3.05) is 26.2 Å². The summed E-state index contributed by atoms with van der Waals surface area (Å²) in [7, 11) is 0. The molecule has 1 atom stereocenters. The van der Waals surface area contributed by atoms with Crippen molar-refractivity contribution in [2.45, 2.75) is 38.6 Å². The van der Waals surface area contributed by atoms with Crippen LogP contribution in [0.4, 0.5) is 4.39 Å². The topological polar surface area (TPSA) is 15.3 Å². The molecule has 0 aliphatic carbocycles. The van der Waals surface area contributed by atoms with E-state index in [2.05, 4.69) is 17.1 Å². The second-order valence-corrected chi connectivity index (χ2v) is 5.35. The first-order chi connectivity index (χ1) is 9.31. The van der Waals surface area contributed by atoms with E-state index in [1.54, 1.807) is 12.1 Å². The number of rotatable bonds is 5. The Kier molecular flexibility index (Phi) is 5.80. The van der Waals surface area contributed by atoms with Crippen molar-refractivity contribution in [3.05, 3.63) is 35.6 Å². The molecule has 0 aromatic heterocycles. The lowest BCUT2D eigenvalue weighted by molar-refractivity contribution is 0.250. The van der Waals surface area contributed by atoms with E-state index in [4.69, 9.17) is 0 Å². The molecular weight excluding hydrogens is 239 g/mol. The molecule has 1 N–H and O–H groups in total. The van der Waals surface area contributed by atoms with E-state index in [1.165, 1.54) is 25.7 Å². The molecule has 1 unspecified atom stereocenters. The first-order valence-electron chi connectivity index (χ1n) is 7.51. The lowest BCUT2D eigenvalue weighted by Crippen LogP contribution is -2.36. The number of likely N-dealkylation sites (tertiary alicyclic amines) is 1. The molecule has 1 aliphatic rings. The van der Waals surface area contributed by atoms with Gasteiger partial charge in [0.15, 0.2) is 0 Å². The van der Waals surface area contributed by atoms with E-state index in [-0.39, 0.29) is 11.9 Å². The normalized spacial score (nSPS) is 19.1. The SMILES string of the molecule is CCNC(CN1CCCCCC1)c1ccccc1F. The van der Waals surface area contributed by atoms with Gasteiger partial charge in [0, 0.05) is 18.2 Å². The van der Waals surface area contributed by atoms with Gasteiger partial charge in [-0.05, 0) is 38.5 Å². The first-order valence-corrected chi connectivity index (χ1v) is 7.51. The summed E-state index contributed by atoms with van der Waals surface area (Å²) in [4.78, 5) is 2.48. The number of halogens is 1. The zero-order valence-electron chi connectivity index (χ0n) is 11.9. The second-order valence-electron chi connectivity index (χ2n) is 5.35. The van der Waals surface area contributed by atoms with Gasteiger partial charge in [0.2, 0.25) is 0 Å². The molecule has 1 heterocycles. The van der Waals surface area contributed by atoms with Gasteiger partial charge in [0.1, 0.15) is 5.82 Å². The predicted molar refractivity (Wildman–Crippen MR) is 77.7 cm³/mol. The van der Waals surface area contributed by atoms with E-state index in [9.17, 15) is 4.39 Å². The smallest absolute Gasteiger partial charge is 0.128 e. The molecule has 19 heavy (non-hydrogen) atoms. The summed E-state index contributed by atoms with van der Waals surface area (Å²) in [5, 5.41) is 3.43. The lowest BCUT2D eigenvalue weighted by Gasteiger charge is -2.27. The van der Waals surface area contributed by atoms with Gasteiger partial charge in [0.05, 0.1) is 0 Å². The van der Waals surface area contributed by atoms with Gasteiger partial charge in [-0.25, -0.2) is 4.39 Å². The maximum Gasteiger partial charge on any atom is 0.128 e. The Balaban J connectivity index is 2.05. The highest BCUT2D eigenvalue weighted by atomic mass is 19.1. The fourth-order valence-electron chi connectivity index (χ4n) is 2.85. The Hall–Kier alpha value is -0.930. The third-order valence-corrected chi connectivity index (χ3v) is 3.87. The molecule has 3 heteroatoms. The van der Waals surface area contributed by atoms with Crippen molar-refractivity contribution in [1.82, 2.24) is 10.2 Å². The Bertz CT molecular complexity index is 373. The average molecular weight is 264 g/mol. The Labute approximate surface area is 116 Å². The highest BCUT2D eigenvalue weighted by Crippen LogP contribution is 2.20. The van der Waals surface area contributed by atoms with Crippen molar-refractivity contribution in [3.63, 3.8) is 0 Å². The minimum Gasteiger partial charge on any atom is -0.309 e. The molecule has 1 aromatic rings. The fraction of sp³-hybridized carbons (Fsp3) is 0.625. The zero-order chi connectivity index (χ0) is 13.5. The molecule has 106 valence electrons. The number of hydrogen-bond acceptors (Lipinski definition) is 2.